The first kappa shape index (κ1) is 17.5. The molecule has 0 atom stereocenters. The van der Waals surface area contributed by atoms with Crippen molar-refractivity contribution in [2.24, 2.45) is 0 Å². The van der Waals surface area contributed by atoms with Crippen LogP contribution < -0.4 is 26.0 Å². The number of nitrogens with zero attached hydrogens (tertiary/aromatic N) is 2. The molecule has 0 bridgehead atoms. The summed E-state index contributed by atoms with van der Waals surface area (Å²) in [4.78, 5) is 42.9. The summed E-state index contributed by atoms with van der Waals surface area (Å²) in [5.74, 6) is 0.958. The Hall–Kier alpha value is -3.88. The molecule has 0 unspecified atom stereocenters. The standard InChI is InChI=1S/C19H16N4O5/c24-16(6-4-12-3-5-14-15(10-12)28-11-27-14)20-8-9-23-18(25)13-2-1-7-21-17(13)22-19(23)26/h1-7,10H,8-9,11H2,(H,20,24)(H,21,22,26)/b6-4+. The van der Waals surface area contributed by atoms with Crippen molar-refractivity contribution in [1.82, 2.24) is 19.9 Å². The van der Waals surface area contributed by atoms with Crippen molar-refractivity contribution in [2.45, 2.75) is 6.54 Å². The van der Waals surface area contributed by atoms with Gasteiger partial charge >= 0.3 is 5.69 Å². The molecule has 0 fully saturated rings. The molecule has 142 valence electrons. The van der Waals surface area contributed by atoms with E-state index in [1.807, 2.05) is 0 Å². The molecular formula is C19H16N4O5. The number of nitrogens with one attached hydrogen (secondary N) is 2. The number of aromatic nitrogens is 3. The van der Waals surface area contributed by atoms with Gasteiger partial charge in [0, 0.05) is 25.4 Å². The topological polar surface area (TPSA) is 115 Å². The Labute approximate surface area is 158 Å². The van der Waals surface area contributed by atoms with Gasteiger partial charge in [0.25, 0.3) is 5.56 Å². The normalized spacial score (nSPS) is 12.6. The number of aromatic amines is 1. The largest absolute Gasteiger partial charge is 0.454 e. The van der Waals surface area contributed by atoms with Crippen molar-refractivity contribution in [2.75, 3.05) is 13.3 Å². The first-order valence-electron chi connectivity index (χ1n) is 8.55. The summed E-state index contributed by atoms with van der Waals surface area (Å²) in [6, 6.07) is 8.56. The minimum Gasteiger partial charge on any atom is -0.454 e. The smallest absolute Gasteiger partial charge is 0.330 e. The van der Waals surface area contributed by atoms with Crippen LogP contribution in [0.2, 0.25) is 0 Å². The van der Waals surface area contributed by atoms with E-state index in [-0.39, 0.29) is 31.4 Å². The first-order valence-corrected chi connectivity index (χ1v) is 8.55. The van der Waals surface area contributed by atoms with Gasteiger partial charge in [-0.1, -0.05) is 6.07 Å². The van der Waals surface area contributed by atoms with Crippen molar-refractivity contribution < 1.29 is 14.3 Å². The van der Waals surface area contributed by atoms with Gasteiger partial charge in [-0.05, 0) is 35.9 Å². The Morgan fingerprint density at radius 3 is 3.00 bits per heavy atom. The molecule has 1 aliphatic rings. The molecule has 1 aromatic carbocycles. The lowest BCUT2D eigenvalue weighted by molar-refractivity contribution is -0.116. The van der Waals surface area contributed by atoms with E-state index in [9.17, 15) is 14.4 Å². The number of hydrogen-bond acceptors (Lipinski definition) is 6. The minimum atomic E-state index is -0.568. The summed E-state index contributed by atoms with van der Waals surface area (Å²) in [6.45, 7) is 0.355. The van der Waals surface area contributed by atoms with Gasteiger partial charge < -0.3 is 14.8 Å². The van der Waals surface area contributed by atoms with Crippen molar-refractivity contribution in [3.63, 3.8) is 0 Å². The van der Waals surface area contributed by atoms with E-state index in [4.69, 9.17) is 9.47 Å². The molecule has 1 aliphatic heterocycles. The zero-order valence-corrected chi connectivity index (χ0v) is 14.7. The summed E-state index contributed by atoms with van der Waals surface area (Å²) >= 11 is 0. The molecule has 9 heteroatoms. The second kappa shape index (κ2) is 7.39. The second-order valence-corrected chi connectivity index (χ2v) is 6.02. The summed E-state index contributed by atoms with van der Waals surface area (Å²) < 4.78 is 11.6. The average Bonchev–Trinajstić information content (AvgIpc) is 3.17. The number of hydrogen-bond donors (Lipinski definition) is 2. The molecule has 0 saturated carbocycles. The molecule has 0 spiro atoms. The lowest BCUT2D eigenvalue weighted by Gasteiger charge is -2.06. The molecule has 2 N–H and O–H groups in total. The van der Waals surface area contributed by atoms with Gasteiger partial charge in [-0.3, -0.25) is 19.1 Å². The van der Waals surface area contributed by atoms with E-state index in [2.05, 4.69) is 15.3 Å². The van der Waals surface area contributed by atoms with Crippen LogP contribution in [0.4, 0.5) is 0 Å². The minimum absolute atomic E-state index is 0.0443. The van der Waals surface area contributed by atoms with Crippen molar-refractivity contribution in [1.29, 1.82) is 0 Å². The third-order valence-electron chi connectivity index (χ3n) is 4.21. The van der Waals surface area contributed by atoms with Crippen LogP contribution in [-0.4, -0.2) is 33.8 Å². The Morgan fingerprint density at radius 2 is 2.11 bits per heavy atom. The highest BCUT2D eigenvalue weighted by molar-refractivity contribution is 5.91. The molecule has 9 nitrogen and oxygen atoms in total. The number of ether oxygens (including phenoxy) is 2. The van der Waals surface area contributed by atoms with Crippen molar-refractivity contribution >= 4 is 23.0 Å². The highest BCUT2D eigenvalue weighted by atomic mass is 16.7. The zero-order chi connectivity index (χ0) is 19.5. The van der Waals surface area contributed by atoms with E-state index in [1.54, 1.807) is 36.4 Å². The summed E-state index contributed by atoms with van der Waals surface area (Å²) in [5.41, 5.74) is 0.0110. The lowest BCUT2D eigenvalue weighted by atomic mass is 10.2. The van der Waals surface area contributed by atoms with Gasteiger partial charge in [0.2, 0.25) is 12.7 Å². The molecule has 0 saturated heterocycles. The fourth-order valence-corrected chi connectivity index (χ4v) is 2.83. The fraction of sp³-hybridized carbons (Fsp3) is 0.158. The Morgan fingerprint density at radius 1 is 1.25 bits per heavy atom. The van der Waals surface area contributed by atoms with Gasteiger partial charge in [-0.25, -0.2) is 9.78 Å². The van der Waals surface area contributed by atoms with Crippen molar-refractivity contribution in [3.8, 4) is 11.5 Å². The Balaban J connectivity index is 1.39. The second-order valence-electron chi connectivity index (χ2n) is 6.02. The van der Waals surface area contributed by atoms with E-state index < -0.39 is 11.2 Å². The third kappa shape index (κ3) is 3.50. The maximum Gasteiger partial charge on any atom is 0.330 e. The number of H-pyrrole nitrogens is 1. The predicted octanol–water partition coefficient (Wildman–Crippen LogP) is 0.643. The Bertz CT molecular complexity index is 1190. The van der Waals surface area contributed by atoms with Gasteiger partial charge in [0.05, 0.1) is 5.39 Å². The predicted molar refractivity (Wildman–Crippen MR) is 101 cm³/mol. The van der Waals surface area contributed by atoms with Crippen molar-refractivity contribution in [3.05, 3.63) is 69.0 Å². The number of benzene rings is 1. The average molecular weight is 380 g/mol. The molecule has 1 amide bonds. The van der Waals surface area contributed by atoms with E-state index in [1.165, 1.54) is 12.3 Å². The number of fused-ring (bicyclic) bond motifs is 2. The Kier molecular flexibility index (Phi) is 4.63. The summed E-state index contributed by atoms with van der Waals surface area (Å²) in [5, 5.41) is 2.96. The molecule has 0 radical (unpaired) electrons. The van der Waals surface area contributed by atoms with Gasteiger partial charge in [-0.2, -0.15) is 0 Å². The third-order valence-corrected chi connectivity index (χ3v) is 4.21. The number of rotatable bonds is 5. The van der Waals surface area contributed by atoms with Crippen LogP contribution in [0.3, 0.4) is 0 Å². The van der Waals surface area contributed by atoms with Crippen LogP contribution in [-0.2, 0) is 11.3 Å². The number of carbonyl (C=O) groups is 1. The number of carbonyl (C=O) groups excluding carboxylic acids is 1. The van der Waals surface area contributed by atoms with Crippen LogP contribution in [0.15, 0.2) is 52.2 Å². The number of amides is 1. The SMILES string of the molecule is O=C(/C=C/c1ccc2c(c1)OCO2)NCCn1c(=O)[nH]c2ncccc2c1=O. The van der Waals surface area contributed by atoms with Crippen LogP contribution in [0.1, 0.15) is 5.56 Å². The molecule has 2 aromatic heterocycles. The highest BCUT2D eigenvalue weighted by Gasteiger charge is 2.12. The van der Waals surface area contributed by atoms with E-state index in [0.29, 0.717) is 16.9 Å². The van der Waals surface area contributed by atoms with E-state index in [0.717, 1.165) is 10.1 Å². The summed E-state index contributed by atoms with van der Waals surface area (Å²) in [7, 11) is 0. The highest BCUT2D eigenvalue weighted by Crippen LogP contribution is 2.32. The summed E-state index contributed by atoms with van der Waals surface area (Å²) in [6.07, 6.45) is 4.50. The lowest BCUT2D eigenvalue weighted by Crippen LogP contribution is -2.39. The quantitative estimate of drug-likeness (QED) is 0.628. The van der Waals surface area contributed by atoms with Gasteiger partial charge in [0.1, 0.15) is 5.65 Å². The number of pyridine rings is 1. The zero-order valence-electron chi connectivity index (χ0n) is 14.7. The van der Waals surface area contributed by atoms with Crippen LogP contribution >= 0.6 is 0 Å². The van der Waals surface area contributed by atoms with Gasteiger partial charge in [0.15, 0.2) is 11.5 Å². The molecule has 0 aliphatic carbocycles. The molecule has 4 rings (SSSR count). The maximum atomic E-state index is 12.4. The molecule has 3 aromatic rings. The van der Waals surface area contributed by atoms with Crippen LogP contribution in [0, 0.1) is 0 Å². The molecule has 28 heavy (non-hydrogen) atoms. The maximum absolute atomic E-state index is 12.4. The molecule has 3 heterocycles. The fourth-order valence-electron chi connectivity index (χ4n) is 2.83. The van der Waals surface area contributed by atoms with Crippen LogP contribution in [0.5, 0.6) is 11.5 Å². The van der Waals surface area contributed by atoms with Gasteiger partial charge in [-0.15, -0.1) is 0 Å². The van der Waals surface area contributed by atoms with Crippen LogP contribution in [0.25, 0.3) is 17.1 Å². The first-order chi connectivity index (χ1) is 13.6. The monoisotopic (exact) mass is 380 g/mol. The van der Waals surface area contributed by atoms with E-state index >= 15 is 0 Å². The molecular weight excluding hydrogens is 364 g/mol.